The molecule has 26 heavy (non-hydrogen) atoms. The number of hydrogen-bond donors (Lipinski definition) is 2. The number of rotatable bonds is 12. The molecule has 1 aliphatic carbocycles. The van der Waals surface area contributed by atoms with Crippen LogP contribution in [-0.2, 0) is 9.59 Å². The summed E-state index contributed by atoms with van der Waals surface area (Å²) in [6, 6.07) is 0. The van der Waals surface area contributed by atoms with Gasteiger partial charge in [-0.05, 0) is 31.1 Å². The topological polar surface area (TPSA) is 74.6 Å². The summed E-state index contributed by atoms with van der Waals surface area (Å²) in [6.07, 6.45) is 10.5. The van der Waals surface area contributed by atoms with Gasteiger partial charge in [0.2, 0.25) is 0 Å². The van der Waals surface area contributed by atoms with Crippen molar-refractivity contribution in [3.63, 3.8) is 0 Å². The molecule has 0 aliphatic heterocycles. The van der Waals surface area contributed by atoms with Crippen LogP contribution in [0.25, 0.3) is 0 Å². The first kappa shape index (κ1) is 23.0. The summed E-state index contributed by atoms with van der Waals surface area (Å²) in [6.45, 7) is 8.38. The largest absolute Gasteiger partial charge is 0.481 e. The molecule has 0 radical (unpaired) electrons. The SMILES string of the molecule is CCC(C)C1(C(=O)O)CCCCC1(CCCCCCCC(C)C)C(=O)O. The van der Waals surface area contributed by atoms with E-state index in [4.69, 9.17) is 0 Å². The normalized spacial score (nSPS) is 27.4. The van der Waals surface area contributed by atoms with Crippen molar-refractivity contribution in [2.45, 2.75) is 105 Å². The predicted octanol–water partition coefficient (Wildman–Crippen LogP) is 6.14. The third-order valence-corrected chi connectivity index (χ3v) is 6.91. The maximum Gasteiger partial charge on any atom is 0.311 e. The van der Waals surface area contributed by atoms with Gasteiger partial charge in [-0.3, -0.25) is 9.59 Å². The van der Waals surface area contributed by atoms with E-state index in [0.29, 0.717) is 25.7 Å². The standard InChI is InChI=1S/C22H40O4/c1-5-18(4)22(20(25)26)16-12-11-15-21(22,19(23)24)14-10-8-6-7-9-13-17(2)3/h17-18H,5-16H2,1-4H3,(H,23,24)(H,25,26). The summed E-state index contributed by atoms with van der Waals surface area (Å²) >= 11 is 0. The van der Waals surface area contributed by atoms with Gasteiger partial charge < -0.3 is 10.2 Å². The second kappa shape index (κ2) is 10.3. The Labute approximate surface area is 159 Å². The van der Waals surface area contributed by atoms with Gasteiger partial charge in [-0.25, -0.2) is 0 Å². The third kappa shape index (κ3) is 4.80. The maximum absolute atomic E-state index is 12.4. The van der Waals surface area contributed by atoms with Gasteiger partial charge in [0.15, 0.2) is 0 Å². The molecule has 0 spiro atoms. The maximum atomic E-state index is 12.4. The van der Waals surface area contributed by atoms with Crippen molar-refractivity contribution in [2.75, 3.05) is 0 Å². The van der Waals surface area contributed by atoms with Crippen LogP contribution in [0, 0.1) is 22.7 Å². The first-order chi connectivity index (χ1) is 12.2. The quantitative estimate of drug-likeness (QED) is 0.406. The van der Waals surface area contributed by atoms with E-state index in [1.165, 1.54) is 19.3 Å². The molecule has 1 fully saturated rings. The molecule has 0 aromatic rings. The van der Waals surface area contributed by atoms with Gasteiger partial charge in [-0.1, -0.05) is 85.5 Å². The van der Waals surface area contributed by atoms with Crippen LogP contribution in [0.5, 0.6) is 0 Å². The van der Waals surface area contributed by atoms with Crippen molar-refractivity contribution in [1.82, 2.24) is 0 Å². The Balaban J connectivity index is 2.84. The fourth-order valence-corrected chi connectivity index (χ4v) is 5.14. The molecule has 4 nitrogen and oxygen atoms in total. The minimum Gasteiger partial charge on any atom is -0.481 e. The van der Waals surface area contributed by atoms with Gasteiger partial charge in [0.25, 0.3) is 0 Å². The lowest BCUT2D eigenvalue weighted by Crippen LogP contribution is -2.57. The summed E-state index contributed by atoms with van der Waals surface area (Å²) in [5.41, 5.74) is -2.23. The smallest absolute Gasteiger partial charge is 0.311 e. The highest BCUT2D eigenvalue weighted by Crippen LogP contribution is 2.58. The van der Waals surface area contributed by atoms with Crippen molar-refractivity contribution in [3.05, 3.63) is 0 Å². The van der Waals surface area contributed by atoms with Crippen molar-refractivity contribution in [2.24, 2.45) is 22.7 Å². The van der Waals surface area contributed by atoms with Gasteiger partial charge in [0.1, 0.15) is 0 Å². The molecule has 0 amide bonds. The molecule has 1 aliphatic rings. The molecule has 0 bridgehead atoms. The molecule has 0 heterocycles. The van der Waals surface area contributed by atoms with Crippen LogP contribution in [0.3, 0.4) is 0 Å². The van der Waals surface area contributed by atoms with Gasteiger partial charge in [0.05, 0.1) is 10.8 Å². The minimum absolute atomic E-state index is 0.123. The van der Waals surface area contributed by atoms with E-state index < -0.39 is 22.8 Å². The van der Waals surface area contributed by atoms with Gasteiger partial charge in [-0.2, -0.15) is 0 Å². The van der Waals surface area contributed by atoms with E-state index in [1.54, 1.807) is 0 Å². The van der Waals surface area contributed by atoms with Gasteiger partial charge in [-0.15, -0.1) is 0 Å². The third-order valence-electron chi connectivity index (χ3n) is 6.91. The van der Waals surface area contributed by atoms with Crippen LogP contribution < -0.4 is 0 Å². The average molecular weight is 369 g/mol. The van der Waals surface area contributed by atoms with Crippen LogP contribution in [-0.4, -0.2) is 22.2 Å². The average Bonchev–Trinajstić information content (AvgIpc) is 2.59. The molecular formula is C22H40O4. The number of carboxylic acid groups (broad SMARTS) is 2. The van der Waals surface area contributed by atoms with Crippen LogP contribution in [0.15, 0.2) is 0 Å². The van der Waals surface area contributed by atoms with E-state index in [9.17, 15) is 19.8 Å². The molecule has 3 atom stereocenters. The van der Waals surface area contributed by atoms with Crippen molar-refractivity contribution in [3.8, 4) is 0 Å². The van der Waals surface area contributed by atoms with Crippen LogP contribution in [0.4, 0.5) is 0 Å². The molecular weight excluding hydrogens is 328 g/mol. The first-order valence-corrected chi connectivity index (χ1v) is 10.7. The molecule has 1 saturated carbocycles. The Morgan fingerprint density at radius 1 is 0.885 bits per heavy atom. The van der Waals surface area contributed by atoms with E-state index >= 15 is 0 Å². The van der Waals surface area contributed by atoms with E-state index in [1.807, 2.05) is 13.8 Å². The number of carboxylic acids is 2. The van der Waals surface area contributed by atoms with Crippen molar-refractivity contribution < 1.29 is 19.8 Å². The number of unbranched alkanes of at least 4 members (excludes halogenated alkanes) is 4. The van der Waals surface area contributed by atoms with Crippen LogP contribution in [0.1, 0.15) is 105 Å². The summed E-state index contributed by atoms with van der Waals surface area (Å²) < 4.78 is 0. The van der Waals surface area contributed by atoms with E-state index in [-0.39, 0.29) is 5.92 Å². The summed E-state index contributed by atoms with van der Waals surface area (Å²) in [5.74, 6) is -1.17. The minimum atomic E-state index is -1.12. The Bertz CT molecular complexity index is 459. The number of hydrogen-bond acceptors (Lipinski definition) is 2. The van der Waals surface area contributed by atoms with Crippen LogP contribution in [0.2, 0.25) is 0 Å². The molecule has 0 aromatic carbocycles. The molecule has 0 saturated heterocycles. The second-order valence-corrected chi connectivity index (χ2v) is 8.88. The summed E-state index contributed by atoms with van der Waals surface area (Å²) in [7, 11) is 0. The first-order valence-electron chi connectivity index (χ1n) is 10.7. The zero-order chi connectivity index (χ0) is 19.8. The monoisotopic (exact) mass is 368 g/mol. The summed E-state index contributed by atoms with van der Waals surface area (Å²) in [5, 5.41) is 20.3. The lowest BCUT2D eigenvalue weighted by molar-refractivity contribution is -0.188. The highest BCUT2D eigenvalue weighted by molar-refractivity contribution is 5.87. The molecule has 0 aromatic heterocycles. The molecule has 4 heteroatoms. The second-order valence-electron chi connectivity index (χ2n) is 8.88. The highest BCUT2D eigenvalue weighted by atomic mass is 16.4. The summed E-state index contributed by atoms with van der Waals surface area (Å²) in [4.78, 5) is 24.8. The highest BCUT2D eigenvalue weighted by Gasteiger charge is 2.63. The van der Waals surface area contributed by atoms with Gasteiger partial charge >= 0.3 is 11.9 Å². The Kier molecular flexibility index (Phi) is 9.12. The number of aliphatic carboxylic acids is 2. The molecule has 3 unspecified atom stereocenters. The molecule has 152 valence electrons. The fourth-order valence-electron chi connectivity index (χ4n) is 5.14. The van der Waals surface area contributed by atoms with Gasteiger partial charge in [0, 0.05) is 0 Å². The lowest BCUT2D eigenvalue weighted by Gasteiger charge is -2.51. The Morgan fingerprint density at radius 2 is 1.46 bits per heavy atom. The lowest BCUT2D eigenvalue weighted by atomic mass is 9.49. The zero-order valence-electron chi connectivity index (χ0n) is 17.4. The van der Waals surface area contributed by atoms with Crippen molar-refractivity contribution >= 4 is 11.9 Å². The Morgan fingerprint density at radius 3 is 2.00 bits per heavy atom. The molecule has 2 N–H and O–H groups in total. The van der Waals surface area contributed by atoms with E-state index in [2.05, 4.69) is 13.8 Å². The van der Waals surface area contributed by atoms with E-state index in [0.717, 1.165) is 38.0 Å². The predicted molar refractivity (Wildman–Crippen MR) is 105 cm³/mol. The Hall–Kier alpha value is -1.06. The van der Waals surface area contributed by atoms with Crippen LogP contribution >= 0.6 is 0 Å². The number of carbonyl (C=O) groups is 2. The zero-order valence-corrected chi connectivity index (χ0v) is 17.4. The fraction of sp³-hybridized carbons (Fsp3) is 0.909. The molecule has 1 rings (SSSR count). The van der Waals surface area contributed by atoms with Crippen molar-refractivity contribution in [1.29, 1.82) is 0 Å².